The maximum absolute atomic E-state index is 12.0. The topological polar surface area (TPSA) is 72.2 Å². The lowest BCUT2D eigenvalue weighted by molar-refractivity contribution is 0.400. The summed E-state index contributed by atoms with van der Waals surface area (Å²) in [5.74, 6) is 0.767. The van der Waals surface area contributed by atoms with Crippen LogP contribution in [0.25, 0.3) is 0 Å². The zero-order valence-corrected chi connectivity index (χ0v) is 11.8. The molecule has 0 saturated carbocycles. The molecule has 5 nitrogen and oxygen atoms in total. The molecule has 0 aliphatic heterocycles. The standard InChI is InChI=1S/C11H14N2O3S2/c1-3-4-9-5-6-11(17-9)18(14,15)13-10-7-8(2)16-12-10/h5-7H,3-4H2,1-2H3,(H,12,13). The first-order chi connectivity index (χ1) is 8.51. The average Bonchev–Trinajstić information content (AvgIpc) is 2.88. The molecule has 0 radical (unpaired) electrons. The van der Waals surface area contributed by atoms with Crippen LogP contribution in [0.2, 0.25) is 0 Å². The van der Waals surface area contributed by atoms with Crippen molar-refractivity contribution in [3.63, 3.8) is 0 Å². The largest absolute Gasteiger partial charge is 0.360 e. The van der Waals surface area contributed by atoms with Gasteiger partial charge in [0.1, 0.15) is 9.97 Å². The molecule has 1 N–H and O–H groups in total. The first kappa shape index (κ1) is 13.1. The maximum Gasteiger partial charge on any atom is 0.272 e. The second-order valence-corrected chi connectivity index (χ2v) is 6.98. The molecule has 0 fully saturated rings. The van der Waals surface area contributed by atoms with E-state index in [0.29, 0.717) is 9.97 Å². The zero-order valence-electron chi connectivity index (χ0n) is 10.1. The summed E-state index contributed by atoms with van der Waals surface area (Å²) in [7, 11) is -3.55. The summed E-state index contributed by atoms with van der Waals surface area (Å²) in [4.78, 5) is 1.06. The van der Waals surface area contributed by atoms with Gasteiger partial charge < -0.3 is 4.52 Å². The Bertz CT molecular complexity index is 628. The van der Waals surface area contributed by atoms with E-state index in [2.05, 4.69) is 16.8 Å². The van der Waals surface area contributed by atoms with Crippen molar-refractivity contribution in [3.05, 3.63) is 28.8 Å². The fourth-order valence-electron chi connectivity index (χ4n) is 1.49. The van der Waals surface area contributed by atoms with Gasteiger partial charge in [0.05, 0.1) is 0 Å². The fourth-order valence-corrected chi connectivity index (χ4v) is 3.93. The van der Waals surface area contributed by atoms with E-state index in [1.165, 1.54) is 17.4 Å². The summed E-state index contributed by atoms with van der Waals surface area (Å²) in [5.41, 5.74) is 0. The van der Waals surface area contributed by atoms with Crippen LogP contribution in [-0.4, -0.2) is 13.6 Å². The van der Waals surface area contributed by atoms with Crippen LogP contribution in [0.5, 0.6) is 0 Å². The van der Waals surface area contributed by atoms with Crippen LogP contribution in [0.1, 0.15) is 24.0 Å². The van der Waals surface area contributed by atoms with Crippen LogP contribution < -0.4 is 4.72 Å². The van der Waals surface area contributed by atoms with Crippen LogP contribution >= 0.6 is 11.3 Å². The third-order valence-electron chi connectivity index (χ3n) is 2.27. The molecule has 2 rings (SSSR count). The van der Waals surface area contributed by atoms with Gasteiger partial charge in [-0.3, -0.25) is 4.72 Å². The number of rotatable bonds is 5. The van der Waals surface area contributed by atoms with Crippen LogP contribution in [0.3, 0.4) is 0 Å². The highest BCUT2D eigenvalue weighted by Gasteiger charge is 2.18. The number of aryl methyl sites for hydroxylation is 2. The predicted molar refractivity (Wildman–Crippen MR) is 70.4 cm³/mol. The van der Waals surface area contributed by atoms with E-state index in [1.807, 2.05) is 6.07 Å². The van der Waals surface area contributed by atoms with E-state index >= 15 is 0 Å². The molecule has 0 unspecified atom stereocenters. The number of hydrogen-bond acceptors (Lipinski definition) is 5. The Morgan fingerprint density at radius 3 is 2.83 bits per heavy atom. The Morgan fingerprint density at radius 2 is 2.22 bits per heavy atom. The molecule has 2 aromatic rings. The Hall–Kier alpha value is -1.34. The molecule has 0 atom stereocenters. The van der Waals surface area contributed by atoms with E-state index in [9.17, 15) is 8.42 Å². The lowest BCUT2D eigenvalue weighted by Gasteiger charge is -2.01. The van der Waals surface area contributed by atoms with Crippen molar-refractivity contribution in [3.8, 4) is 0 Å². The zero-order chi connectivity index (χ0) is 13.2. The molecule has 2 aromatic heterocycles. The van der Waals surface area contributed by atoms with Gasteiger partial charge in [0.25, 0.3) is 10.0 Å². The molecule has 0 aliphatic carbocycles. The smallest absolute Gasteiger partial charge is 0.272 e. The van der Waals surface area contributed by atoms with Crippen LogP contribution in [-0.2, 0) is 16.4 Å². The summed E-state index contributed by atoms with van der Waals surface area (Å²) < 4.78 is 31.6. The average molecular weight is 286 g/mol. The van der Waals surface area contributed by atoms with Gasteiger partial charge in [-0.1, -0.05) is 18.5 Å². The van der Waals surface area contributed by atoms with Crippen LogP contribution in [0, 0.1) is 6.92 Å². The van der Waals surface area contributed by atoms with Gasteiger partial charge in [-0.25, -0.2) is 8.42 Å². The Morgan fingerprint density at radius 1 is 1.44 bits per heavy atom. The molecule has 0 spiro atoms. The predicted octanol–water partition coefficient (Wildman–Crippen LogP) is 2.80. The molecule has 0 saturated heterocycles. The summed E-state index contributed by atoms with van der Waals surface area (Å²) >= 11 is 1.28. The van der Waals surface area contributed by atoms with E-state index in [0.717, 1.165) is 17.7 Å². The third kappa shape index (κ3) is 2.91. The highest BCUT2D eigenvalue weighted by atomic mass is 32.2. The fraction of sp³-hybridized carbons (Fsp3) is 0.364. The first-order valence-electron chi connectivity index (χ1n) is 5.56. The minimum atomic E-state index is -3.55. The van der Waals surface area contributed by atoms with Gasteiger partial charge >= 0.3 is 0 Å². The highest BCUT2D eigenvalue weighted by Crippen LogP contribution is 2.24. The quantitative estimate of drug-likeness (QED) is 0.917. The molecule has 0 amide bonds. The van der Waals surface area contributed by atoms with Crippen molar-refractivity contribution >= 4 is 27.2 Å². The van der Waals surface area contributed by atoms with Crippen molar-refractivity contribution in [1.82, 2.24) is 5.16 Å². The monoisotopic (exact) mass is 286 g/mol. The van der Waals surface area contributed by atoms with Gasteiger partial charge in [0.15, 0.2) is 5.82 Å². The van der Waals surface area contributed by atoms with E-state index < -0.39 is 10.0 Å². The molecular weight excluding hydrogens is 272 g/mol. The summed E-state index contributed by atoms with van der Waals surface area (Å²) in [6.45, 7) is 3.76. The van der Waals surface area contributed by atoms with Gasteiger partial charge in [0.2, 0.25) is 0 Å². The van der Waals surface area contributed by atoms with Crippen LogP contribution in [0.15, 0.2) is 26.9 Å². The van der Waals surface area contributed by atoms with Gasteiger partial charge in [0, 0.05) is 10.9 Å². The Balaban J connectivity index is 2.19. The van der Waals surface area contributed by atoms with E-state index in [-0.39, 0.29) is 5.82 Å². The number of aromatic nitrogens is 1. The number of nitrogens with one attached hydrogen (secondary N) is 1. The Kier molecular flexibility index (Phi) is 3.72. The van der Waals surface area contributed by atoms with Crippen molar-refractivity contribution in [1.29, 1.82) is 0 Å². The minimum absolute atomic E-state index is 0.206. The summed E-state index contributed by atoms with van der Waals surface area (Å²) in [6.07, 6.45) is 1.89. The maximum atomic E-state index is 12.0. The van der Waals surface area contributed by atoms with Crippen molar-refractivity contribution in [2.45, 2.75) is 30.9 Å². The second kappa shape index (κ2) is 5.11. The molecule has 2 heterocycles. The molecule has 18 heavy (non-hydrogen) atoms. The molecule has 0 aromatic carbocycles. The summed E-state index contributed by atoms with van der Waals surface area (Å²) in [6, 6.07) is 5.00. The number of sulfonamides is 1. The lowest BCUT2D eigenvalue weighted by atomic mass is 10.3. The minimum Gasteiger partial charge on any atom is -0.360 e. The van der Waals surface area contributed by atoms with E-state index in [1.54, 1.807) is 13.0 Å². The first-order valence-corrected chi connectivity index (χ1v) is 7.86. The molecular formula is C11H14N2O3S2. The van der Waals surface area contributed by atoms with Gasteiger partial charge in [-0.15, -0.1) is 11.3 Å². The SMILES string of the molecule is CCCc1ccc(S(=O)(=O)Nc2cc(C)on2)s1. The third-order valence-corrected chi connectivity index (χ3v) is 5.26. The molecule has 0 aliphatic rings. The second-order valence-electron chi connectivity index (χ2n) is 3.90. The highest BCUT2D eigenvalue weighted by molar-refractivity contribution is 7.94. The van der Waals surface area contributed by atoms with Crippen molar-refractivity contribution in [2.24, 2.45) is 0 Å². The van der Waals surface area contributed by atoms with Gasteiger partial charge in [-0.2, -0.15) is 0 Å². The van der Waals surface area contributed by atoms with Crippen LogP contribution in [0.4, 0.5) is 5.82 Å². The number of nitrogens with zero attached hydrogens (tertiary/aromatic N) is 1. The number of hydrogen-bond donors (Lipinski definition) is 1. The van der Waals surface area contributed by atoms with Crippen molar-refractivity contribution in [2.75, 3.05) is 4.72 Å². The molecule has 0 bridgehead atoms. The number of thiophene rings is 1. The normalized spacial score (nSPS) is 11.7. The van der Waals surface area contributed by atoms with Crippen molar-refractivity contribution < 1.29 is 12.9 Å². The van der Waals surface area contributed by atoms with E-state index in [4.69, 9.17) is 4.52 Å². The Labute approximate surface area is 110 Å². The molecule has 98 valence electrons. The van der Waals surface area contributed by atoms with Gasteiger partial charge in [-0.05, 0) is 25.5 Å². The molecule has 7 heteroatoms. The summed E-state index contributed by atoms with van der Waals surface area (Å²) in [5, 5.41) is 3.61. The lowest BCUT2D eigenvalue weighted by Crippen LogP contribution is -2.11. The number of anilines is 1.